The molecule has 2 saturated heterocycles. The first kappa shape index (κ1) is 17.9. The molecule has 144 valence electrons. The highest BCUT2D eigenvalue weighted by Crippen LogP contribution is 2.31. The van der Waals surface area contributed by atoms with Crippen LogP contribution in [0.25, 0.3) is 0 Å². The molecule has 2 aromatic heterocycles. The van der Waals surface area contributed by atoms with Crippen molar-refractivity contribution in [2.75, 3.05) is 39.9 Å². The topological polar surface area (TPSA) is 80.9 Å². The van der Waals surface area contributed by atoms with Crippen LogP contribution in [0.1, 0.15) is 28.8 Å². The summed E-state index contributed by atoms with van der Waals surface area (Å²) in [7, 11) is 1.56. The molecule has 1 spiro atoms. The summed E-state index contributed by atoms with van der Waals surface area (Å²) in [4.78, 5) is 25.1. The fraction of sp³-hybridized carbons (Fsp3) is 0.526. The van der Waals surface area contributed by atoms with Gasteiger partial charge < -0.3 is 18.8 Å². The van der Waals surface area contributed by atoms with E-state index in [4.69, 9.17) is 13.9 Å². The molecule has 0 radical (unpaired) electrons. The summed E-state index contributed by atoms with van der Waals surface area (Å²) < 4.78 is 16.2. The van der Waals surface area contributed by atoms with E-state index in [1.54, 1.807) is 25.6 Å². The van der Waals surface area contributed by atoms with E-state index in [9.17, 15) is 4.79 Å². The number of ether oxygens (including phenoxy) is 2. The Labute approximate surface area is 158 Å². The van der Waals surface area contributed by atoms with Gasteiger partial charge in [0.25, 0.3) is 5.91 Å². The van der Waals surface area contributed by atoms with Crippen LogP contribution in [0.4, 0.5) is 0 Å². The van der Waals surface area contributed by atoms with Crippen LogP contribution < -0.4 is 4.74 Å². The van der Waals surface area contributed by atoms with Crippen LogP contribution in [0.5, 0.6) is 6.01 Å². The molecular weight excluding hydrogens is 348 g/mol. The summed E-state index contributed by atoms with van der Waals surface area (Å²) >= 11 is 0. The average molecular weight is 372 g/mol. The van der Waals surface area contributed by atoms with Crippen molar-refractivity contribution in [3.63, 3.8) is 0 Å². The zero-order chi connectivity index (χ0) is 18.7. The maximum absolute atomic E-state index is 12.5. The lowest BCUT2D eigenvalue weighted by atomic mass is 9.89. The average Bonchev–Trinajstić information content (AvgIpc) is 3.24. The summed E-state index contributed by atoms with van der Waals surface area (Å²) in [5.74, 6) is 0.0293. The van der Waals surface area contributed by atoms with Gasteiger partial charge in [-0.1, -0.05) is 0 Å². The maximum atomic E-state index is 12.5. The van der Waals surface area contributed by atoms with Crippen molar-refractivity contribution in [2.45, 2.75) is 25.0 Å². The molecule has 8 nitrogen and oxygen atoms in total. The Morgan fingerprint density at radius 1 is 1.26 bits per heavy atom. The Hall–Kier alpha value is -2.45. The van der Waals surface area contributed by atoms with Gasteiger partial charge in [0.05, 0.1) is 31.1 Å². The number of morpholine rings is 1. The molecule has 0 unspecified atom stereocenters. The van der Waals surface area contributed by atoms with Crippen LogP contribution in [-0.2, 0) is 11.3 Å². The molecule has 2 aromatic rings. The third kappa shape index (κ3) is 3.96. The van der Waals surface area contributed by atoms with Crippen molar-refractivity contribution in [3.05, 3.63) is 42.1 Å². The SMILES string of the molecule is COc1ncc(CN2CCOC3(CCN(C(=O)c4ccoc4)CC3)C2)cn1. The highest BCUT2D eigenvalue weighted by atomic mass is 16.5. The molecule has 1 amide bonds. The number of methoxy groups -OCH3 is 1. The third-order valence-electron chi connectivity index (χ3n) is 5.33. The number of carbonyl (C=O) groups is 1. The molecule has 0 bridgehead atoms. The molecule has 4 heterocycles. The lowest BCUT2D eigenvalue weighted by Crippen LogP contribution is -2.57. The predicted molar refractivity (Wildman–Crippen MR) is 96.4 cm³/mol. The van der Waals surface area contributed by atoms with Crippen molar-refractivity contribution in [1.82, 2.24) is 19.8 Å². The highest BCUT2D eigenvalue weighted by molar-refractivity contribution is 5.93. The molecule has 8 heteroatoms. The number of likely N-dealkylation sites (tertiary alicyclic amines) is 1. The van der Waals surface area contributed by atoms with Crippen LogP contribution in [0, 0.1) is 0 Å². The smallest absolute Gasteiger partial charge is 0.316 e. The monoisotopic (exact) mass is 372 g/mol. The third-order valence-corrected chi connectivity index (χ3v) is 5.33. The number of piperidine rings is 1. The number of hydrogen-bond donors (Lipinski definition) is 0. The molecule has 4 rings (SSSR count). The van der Waals surface area contributed by atoms with Gasteiger partial charge in [-0.05, 0) is 18.9 Å². The Morgan fingerprint density at radius 3 is 2.70 bits per heavy atom. The van der Waals surface area contributed by atoms with Gasteiger partial charge in [-0.3, -0.25) is 9.69 Å². The van der Waals surface area contributed by atoms with E-state index in [1.165, 1.54) is 12.5 Å². The number of hydrogen-bond acceptors (Lipinski definition) is 7. The summed E-state index contributed by atoms with van der Waals surface area (Å²) in [6.07, 6.45) is 8.32. The molecule has 27 heavy (non-hydrogen) atoms. The van der Waals surface area contributed by atoms with Crippen LogP contribution in [-0.4, -0.2) is 71.2 Å². The van der Waals surface area contributed by atoms with Crippen LogP contribution in [0.3, 0.4) is 0 Å². The van der Waals surface area contributed by atoms with Crippen molar-refractivity contribution >= 4 is 5.91 Å². The second kappa shape index (κ2) is 7.66. The molecule has 0 atom stereocenters. The summed E-state index contributed by atoms with van der Waals surface area (Å²) in [6.45, 7) is 4.62. The van der Waals surface area contributed by atoms with E-state index >= 15 is 0 Å². The van der Waals surface area contributed by atoms with Gasteiger partial charge >= 0.3 is 6.01 Å². The minimum atomic E-state index is -0.182. The second-order valence-corrected chi connectivity index (χ2v) is 7.12. The van der Waals surface area contributed by atoms with Crippen molar-refractivity contribution in [1.29, 1.82) is 0 Å². The Balaban J connectivity index is 1.34. The van der Waals surface area contributed by atoms with Crippen LogP contribution in [0.2, 0.25) is 0 Å². The van der Waals surface area contributed by atoms with Crippen molar-refractivity contribution in [2.24, 2.45) is 0 Å². The molecular formula is C19H24N4O4. The van der Waals surface area contributed by atoms with Gasteiger partial charge in [0, 0.05) is 50.7 Å². The second-order valence-electron chi connectivity index (χ2n) is 7.12. The van der Waals surface area contributed by atoms with E-state index < -0.39 is 0 Å². The summed E-state index contributed by atoms with van der Waals surface area (Å²) in [5.41, 5.74) is 1.48. The molecule has 2 aliphatic rings. The van der Waals surface area contributed by atoms with E-state index in [2.05, 4.69) is 14.9 Å². The fourth-order valence-corrected chi connectivity index (χ4v) is 3.84. The first-order valence-electron chi connectivity index (χ1n) is 9.20. The fourth-order valence-electron chi connectivity index (χ4n) is 3.84. The molecule has 0 aromatic carbocycles. The molecule has 0 saturated carbocycles. The number of carbonyl (C=O) groups excluding carboxylic acids is 1. The standard InChI is InChI=1S/C19H24N4O4/c1-25-18-20-10-15(11-21-18)12-22-7-9-27-19(14-22)3-5-23(6-4-19)17(24)16-2-8-26-13-16/h2,8,10-11,13H,3-7,9,12,14H2,1H3. The lowest BCUT2D eigenvalue weighted by molar-refractivity contribution is -0.134. The van der Waals surface area contributed by atoms with Crippen LogP contribution in [0.15, 0.2) is 35.4 Å². The quantitative estimate of drug-likeness (QED) is 0.806. The Morgan fingerprint density at radius 2 is 2.04 bits per heavy atom. The minimum absolute atomic E-state index is 0.0293. The van der Waals surface area contributed by atoms with Gasteiger partial charge in [0.1, 0.15) is 6.26 Å². The summed E-state index contributed by atoms with van der Waals surface area (Å²) in [6, 6.07) is 2.09. The van der Waals surface area contributed by atoms with Crippen LogP contribution >= 0.6 is 0 Å². The van der Waals surface area contributed by atoms with Gasteiger partial charge in [-0.2, -0.15) is 0 Å². The molecule has 2 fully saturated rings. The summed E-state index contributed by atoms with van der Waals surface area (Å²) in [5, 5.41) is 0. The maximum Gasteiger partial charge on any atom is 0.316 e. The molecule has 0 N–H and O–H groups in total. The minimum Gasteiger partial charge on any atom is -0.472 e. The highest BCUT2D eigenvalue weighted by Gasteiger charge is 2.40. The number of furan rings is 1. The zero-order valence-electron chi connectivity index (χ0n) is 15.5. The van der Waals surface area contributed by atoms with E-state index in [0.717, 1.165) is 38.0 Å². The van der Waals surface area contributed by atoms with Gasteiger partial charge in [0.15, 0.2) is 0 Å². The number of rotatable bonds is 4. The zero-order valence-corrected chi connectivity index (χ0v) is 15.5. The number of nitrogens with zero attached hydrogens (tertiary/aromatic N) is 4. The number of aromatic nitrogens is 2. The Bertz CT molecular complexity index is 755. The van der Waals surface area contributed by atoms with E-state index in [1.807, 2.05) is 4.90 Å². The van der Waals surface area contributed by atoms with Gasteiger partial charge in [-0.15, -0.1) is 0 Å². The van der Waals surface area contributed by atoms with E-state index in [0.29, 0.717) is 31.3 Å². The van der Waals surface area contributed by atoms with E-state index in [-0.39, 0.29) is 11.5 Å². The largest absolute Gasteiger partial charge is 0.472 e. The lowest BCUT2D eigenvalue weighted by Gasteiger charge is -2.47. The first-order chi connectivity index (χ1) is 13.2. The molecule has 0 aliphatic carbocycles. The normalized spacial score (nSPS) is 20.0. The molecule has 2 aliphatic heterocycles. The van der Waals surface area contributed by atoms with Crippen molar-refractivity contribution in [3.8, 4) is 6.01 Å². The van der Waals surface area contributed by atoms with Crippen molar-refractivity contribution < 1.29 is 18.7 Å². The van der Waals surface area contributed by atoms with Gasteiger partial charge in [-0.25, -0.2) is 9.97 Å². The van der Waals surface area contributed by atoms with Gasteiger partial charge in [0.2, 0.25) is 0 Å². The number of amides is 1. The predicted octanol–water partition coefficient (Wildman–Crippen LogP) is 1.59. The Kier molecular flexibility index (Phi) is 5.09. The first-order valence-corrected chi connectivity index (χ1v) is 9.20.